The van der Waals surface area contributed by atoms with Crippen molar-refractivity contribution in [3.8, 4) is 0 Å². The van der Waals surface area contributed by atoms with Crippen LogP contribution in [0.15, 0.2) is 46.6 Å². The summed E-state index contributed by atoms with van der Waals surface area (Å²) < 4.78 is 0. The van der Waals surface area contributed by atoms with E-state index < -0.39 is 0 Å². The molecule has 0 amide bonds. The van der Waals surface area contributed by atoms with Crippen LogP contribution in [-0.4, -0.2) is 6.29 Å². The lowest BCUT2D eigenvalue weighted by atomic mass is 10.0. The van der Waals surface area contributed by atoms with Crippen molar-refractivity contribution in [2.24, 2.45) is 0 Å². The van der Waals surface area contributed by atoms with Crippen molar-refractivity contribution >= 4 is 6.29 Å². The molecule has 0 spiro atoms. The maximum atomic E-state index is 10.3. The van der Waals surface area contributed by atoms with Crippen LogP contribution in [0, 0.1) is 0 Å². The second-order valence-electron chi connectivity index (χ2n) is 4.59. The molecule has 0 saturated carbocycles. The first kappa shape index (κ1) is 15.6. The van der Waals surface area contributed by atoms with E-state index in [2.05, 4.69) is 52.0 Å². The van der Waals surface area contributed by atoms with Crippen LogP contribution in [-0.2, 0) is 4.79 Å². The van der Waals surface area contributed by atoms with Gasteiger partial charge in [0.1, 0.15) is 6.29 Å². The van der Waals surface area contributed by atoms with Crippen LogP contribution in [0.5, 0.6) is 0 Å². The number of carbonyl (C=O) groups excluding carboxylic acids is 1. The lowest BCUT2D eigenvalue weighted by Crippen LogP contribution is -1.83. The molecule has 94 valence electrons. The first-order chi connectivity index (χ1) is 7.99. The maximum Gasteiger partial charge on any atom is 0.120 e. The first-order valence-electron chi connectivity index (χ1n) is 6.10. The van der Waals surface area contributed by atoms with Gasteiger partial charge in [-0.3, -0.25) is 0 Å². The third-order valence-corrected chi connectivity index (χ3v) is 2.37. The zero-order valence-corrected chi connectivity index (χ0v) is 11.7. The Morgan fingerprint density at radius 3 is 2.12 bits per heavy atom. The minimum atomic E-state index is 0.604. The monoisotopic (exact) mass is 232 g/mol. The largest absolute Gasteiger partial charge is 0.303 e. The Morgan fingerprint density at radius 1 is 1.00 bits per heavy atom. The van der Waals surface area contributed by atoms with Gasteiger partial charge in [-0.05, 0) is 46.6 Å². The number of hydrogen-bond donors (Lipinski definition) is 0. The Bertz CT molecular complexity index is 361. The number of carbonyl (C=O) groups is 1. The van der Waals surface area contributed by atoms with E-state index in [0.29, 0.717) is 6.42 Å². The van der Waals surface area contributed by atoms with Crippen molar-refractivity contribution in [2.45, 2.75) is 47.5 Å². The molecule has 1 nitrogen and oxygen atoms in total. The highest BCUT2D eigenvalue weighted by atomic mass is 16.1. The quantitative estimate of drug-likeness (QED) is 0.476. The van der Waals surface area contributed by atoms with Crippen LogP contribution < -0.4 is 0 Å². The zero-order chi connectivity index (χ0) is 13.3. The van der Waals surface area contributed by atoms with E-state index >= 15 is 0 Å². The molecule has 0 aromatic rings. The summed E-state index contributed by atoms with van der Waals surface area (Å²) in [6.07, 6.45) is 11.0. The van der Waals surface area contributed by atoms with E-state index in [4.69, 9.17) is 0 Å². The van der Waals surface area contributed by atoms with Gasteiger partial charge in [0.05, 0.1) is 0 Å². The molecule has 1 heteroatoms. The van der Waals surface area contributed by atoms with Gasteiger partial charge in [-0.1, -0.05) is 41.0 Å². The summed E-state index contributed by atoms with van der Waals surface area (Å²) in [6.45, 7) is 10.4. The molecule has 17 heavy (non-hydrogen) atoms. The maximum absolute atomic E-state index is 10.3. The van der Waals surface area contributed by atoms with Crippen molar-refractivity contribution < 1.29 is 4.79 Å². The predicted molar refractivity (Wildman–Crippen MR) is 76.0 cm³/mol. The van der Waals surface area contributed by atoms with E-state index in [1.54, 1.807) is 0 Å². The summed E-state index contributed by atoms with van der Waals surface area (Å²) in [6, 6.07) is 0. The molecule has 0 bridgehead atoms. The molecule has 0 radical (unpaired) electrons. The van der Waals surface area contributed by atoms with Crippen molar-refractivity contribution in [1.29, 1.82) is 0 Å². The molecule has 0 aliphatic heterocycles. The molecule has 0 aliphatic carbocycles. The van der Waals surface area contributed by atoms with Gasteiger partial charge in [-0.15, -0.1) is 0 Å². The van der Waals surface area contributed by atoms with Crippen LogP contribution in [0.4, 0.5) is 0 Å². The van der Waals surface area contributed by atoms with E-state index in [0.717, 1.165) is 12.7 Å². The number of rotatable bonds is 6. The van der Waals surface area contributed by atoms with Gasteiger partial charge < -0.3 is 4.79 Å². The Hall–Kier alpha value is -1.37. The molecule has 0 atom stereocenters. The molecule has 0 aromatic heterocycles. The fourth-order valence-electron chi connectivity index (χ4n) is 1.45. The normalized spacial score (nSPS) is 13.6. The summed E-state index contributed by atoms with van der Waals surface area (Å²) in [5, 5.41) is 0. The Kier molecular flexibility index (Phi) is 8.04. The Labute approximate surface area is 106 Å². The van der Waals surface area contributed by atoms with Crippen LogP contribution in [0.1, 0.15) is 47.5 Å². The molecule has 0 unspecified atom stereocenters. The van der Waals surface area contributed by atoms with Gasteiger partial charge >= 0.3 is 0 Å². The summed E-state index contributed by atoms with van der Waals surface area (Å²) in [5.74, 6) is 0. The first-order valence-corrected chi connectivity index (χ1v) is 6.10. The van der Waals surface area contributed by atoms with Gasteiger partial charge in [0.25, 0.3) is 0 Å². The lowest BCUT2D eigenvalue weighted by Gasteiger charge is -2.02. The fraction of sp³-hybridized carbons (Fsp3) is 0.438. The summed E-state index contributed by atoms with van der Waals surface area (Å²) in [5.41, 5.74) is 4.96. The van der Waals surface area contributed by atoms with E-state index in [-0.39, 0.29) is 0 Å². The average Bonchev–Trinajstić information content (AvgIpc) is 2.25. The molecule has 0 heterocycles. The average molecular weight is 232 g/mol. The second-order valence-corrected chi connectivity index (χ2v) is 4.59. The number of aldehydes is 1. The van der Waals surface area contributed by atoms with Crippen LogP contribution in [0.25, 0.3) is 0 Å². The summed E-state index contributed by atoms with van der Waals surface area (Å²) in [4.78, 5) is 10.3. The summed E-state index contributed by atoms with van der Waals surface area (Å²) >= 11 is 0. The third-order valence-electron chi connectivity index (χ3n) is 2.37. The standard InChI is InChI=1S/C16H24O/c1-6-14(4)11-16(10-13(2)3)12-15(5)8-7-9-17/h6,9-12H,7-8H2,1-5H3. The van der Waals surface area contributed by atoms with Crippen molar-refractivity contribution in [1.82, 2.24) is 0 Å². The van der Waals surface area contributed by atoms with Crippen molar-refractivity contribution in [3.05, 3.63) is 46.6 Å². The zero-order valence-electron chi connectivity index (χ0n) is 11.7. The molecule has 0 N–H and O–H groups in total. The minimum absolute atomic E-state index is 0.604. The van der Waals surface area contributed by atoms with Gasteiger partial charge in [-0.25, -0.2) is 0 Å². The molecule has 0 rings (SSSR count). The molecular formula is C16H24O. The number of hydrogen-bond acceptors (Lipinski definition) is 1. The highest BCUT2D eigenvalue weighted by Gasteiger charge is 1.94. The van der Waals surface area contributed by atoms with Gasteiger partial charge in [0, 0.05) is 6.42 Å². The smallest absolute Gasteiger partial charge is 0.120 e. The Morgan fingerprint density at radius 2 is 1.65 bits per heavy atom. The highest BCUT2D eigenvalue weighted by molar-refractivity contribution is 5.50. The van der Waals surface area contributed by atoms with Crippen molar-refractivity contribution in [2.75, 3.05) is 0 Å². The number of allylic oxidation sites excluding steroid dienone is 8. The van der Waals surface area contributed by atoms with Gasteiger partial charge in [0.2, 0.25) is 0 Å². The van der Waals surface area contributed by atoms with Gasteiger partial charge in [0.15, 0.2) is 0 Å². The topological polar surface area (TPSA) is 17.1 Å². The molecule has 0 saturated heterocycles. The van der Waals surface area contributed by atoms with Crippen LogP contribution in [0.3, 0.4) is 0 Å². The lowest BCUT2D eigenvalue weighted by molar-refractivity contribution is -0.107. The fourth-order valence-corrected chi connectivity index (χ4v) is 1.45. The van der Waals surface area contributed by atoms with Crippen LogP contribution >= 0.6 is 0 Å². The highest BCUT2D eigenvalue weighted by Crippen LogP contribution is 2.13. The van der Waals surface area contributed by atoms with Crippen LogP contribution in [0.2, 0.25) is 0 Å². The van der Waals surface area contributed by atoms with E-state index in [9.17, 15) is 4.79 Å². The molecule has 0 aliphatic rings. The predicted octanol–water partition coefficient (Wildman–Crippen LogP) is 4.77. The second kappa shape index (κ2) is 8.74. The molecule has 0 fully saturated rings. The molecular weight excluding hydrogens is 208 g/mol. The SMILES string of the molecule is CC=C(C)C=C(C=C(C)C)C=C(C)CCC=O. The van der Waals surface area contributed by atoms with E-state index in [1.165, 1.54) is 22.3 Å². The minimum Gasteiger partial charge on any atom is -0.303 e. The van der Waals surface area contributed by atoms with Crippen molar-refractivity contribution in [3.63, 3.8) is 0 Å². The summed E-state index contributed by atoms with van der Waals surface area (Å²) in [7, 11) is 0. The third kappa shape index (κ3) is 8.44. The molecule has 0 aromatic carbocycles. The Balaban J connectivity index is 5.01. The van der Waals surface area contributed by atoms with E-state index in [1.807, 2.05) is 6.92 Å². The van der Waals surface area contributed by atoms with Gasteiger partial charge in [-0.2, -0.15) is 0 Å².